The first-order valence-electron chi connectivity index (χ1n) is 6.43. The van der Waals surface area contributed by atoms with Crippen molar-refractivity contribution in [2.75, 3.05) is 18.6 Å². The van der Waals surface area contributed by atoms with Crippen LogP contribution >= 0.6 is 11.6 Å². The summed E-state index contributed by atoms with van der Waals surface area (Å²) in [6.45, 7) is 0.422. The standard InChI is InChI=1S/C16H16ClNO3/c1-21-15-8-2-12(3-9-15)10-18(11-16(19)20)14-6-4-13(17)5-7-14/h2-9H,10-11H2,1H3,(H,19,20). The largest absolute Gasteiger partial charge is 0.497 e. The Kier molecular flexibility index (Phi) is 5.06. The molecule has 0 radical (unpaired) electrons. The molecule has 0 saturated carbocycles. The van der Waals surface area contributed by atoms with Gasteiger partial charge in [-0.2, -0.15) is 0 Å². The van der Waals surface area contributed by atoms with Gasteiger partial charge in [-0.3, -0.25) is 4.79 Å². The molecular formula is C16H16ClNO3. The van der Waals surface area contributed by atoms with Crippen LogP contribution < -0.4 is 9.64 Å². The number of carboxylic acids is 1. The number of hydrogen-bond donors (Lipinski definition) is 1. The molecule has 110 valence electrons. The second-order valence-corrected chi connectivity index (χ2v) is 5.01. The minimum Gasteiger partial charge on any atom is -0.497 e. The lowest BCUT2D eigenvalue weighted by Gasteiger charge is -2.23. The molecule has 0 bridgehead atoms. The summed E-state index contributed by atoms with van der Waals surface area (Å²) < 4.78 is 5.11. The van der Waals surface area contributed by atoms with Crippen LogP contribution in [0, 0.1) is 0 Å². The molecule has 0 aliphatic carbocycles. The second-order valence-electron chi connectivity index (χ2n) is 4.57. The van der Waals surface area contributed by atoms with E-state index in [2.05, 4.69) is 0 Å². The zero-order chi connectivity index (χ0) is 15.2. The van der Waals surface area contributed by atoms with E-state index in [-0.39, 0.29) is 6.54 Å². The van der Waals surface area contributed by atoms with E-state index in [9.17, 15) is 4.79 Å². The van der Waals surface area contributed by atoms with Gasteiger partial charge < -0.3 is 14.7 Å². The van der Waals surface area contributed by atoms with Crippen molar-refractivity contribution in [1.82, 2.24) is 0 Å². The van der Waals surface area contributed by atoms with Gasteiger partial charge in [0.2, 0.25) is 0 Å². The van der Waals surface area contributed by atoms with Gasteiger partial charge in [0.25, 0.3) is 0 Å². The van der Waals surface area contributed by atoms with Gasteiger partial charge in [-0.05, 0) is 42.0 Å². The van der Waals surface area contributed by atoms with Crippen LogP contribution in [-0.2, 0) is 11.3 Å². The van der Waals surface area contributed by atoms with Crippen LogP contribution in [0.15, 0.2) is 48.5 Å². The van der Waals surface area contributed by atoms with E-state index in [0.29, 0.717) is 11.6 Å². The number of ether oxygens (including phenoxy) is 1. The van der Waals surface area contributed by atoms with E-state index in [0.717, 1.165) is 17.0 Å². The Balaban J connectivity index is 2.19. The van der Waals surface area contributed by atoms with Crippen molar-refractivity contribution in [3.05, 3.63) is 59.1 Å². The number of halogens is 1. The SMILES string of the molecule is COc1ccc(CN(CC(=O)O)c2ccc(Cl)cc2)cc1. The molecule has 2 aromatic rings. The summed E-state index contributed by atoms with van der Waals surface area (Å²) in [5, 5.41) is 9.70. The molecule has 0 aliphatic rings. The van der Waals surface area contributed by atoms with Crippen LogP contribution in [0.4, 0.5) is 5.69 Å². The van der Waals surface area contributed by atoms with Crippen molar-refractivity contribution in [3.63, 3.8) is 0 Å². The molecule has 0 saturated heterocycles. The van der Waals surface area contributed by atoms with Crippen molar-refractivity contribution >= 4 is 23.3 Å². The maximum absolute atomic E-state index is 11.1. The number of benzene rings is 2. The van der Waals surface area contributed by atoms with Crippen molar-refractivity contribution in [1.29, 1.82) is 0 Å². The minimum absolute atomic E-state index is 0.0757. The zero-order valence-corrected chi connectivity index (χ0v) is 12.4. The lowest BCUT2D eigenvalue weighted by atomic mass is 10.2. The van der Waals surface area contributed by atoms with Crippen LogP contribution in [0.3, 0.4) is 0 Å². The van der Waals surface area contributed by atoms with Gasteiger partial charge >= 0.3 is 5.97 Å². The average Bonchev–Trinajstić information content (AvgIpc) is 2.48. The third-order valence-electron chi connectivity index (χ3n) is 3.05. The highest BCUT2D eigenvalue weighted by atomic mass is 35.5. The first kappa shape index (κ1) is 15.2. The van der Waals surface area contributed by atoms with Gasteiger partial charge in [-0.1, -0.05) is 23.7 Å². The Bertz CT molecular complexity index is 596. The summed E-state index contributed by atoms with van der Waals surface area (Å²) >= 11 is 5.87. The summed E-state index contributed by atoms with van der Waals surface area (Å²) in [4.78, 5) is 12.8. The van der Waals surface area contributed by atoms with E-state index in [1.807, 2.05) is 36.4 Å². The molecule has 4 nitrogen and oxygen atoms in total. The monoisotopic (exact) mass is 305 g/mol. The molecule has 0 atom stereocenters. The zero-order valence-electron chi connectivity index (χ0n) is 11.6. The molecule has 2 rings (SSSR count). The van der Waals surface area contributed by atoms with E-state index in [1.54, 1.807) is 24.1 Å². The third kappa shape index (κ3) is 4.39. The van der Waals surface area contributed by atoms with Gasteiger partial charge in [0.15, 0.2) is 0 Å². The lowest BCUT2D eigenvalue weighted by Crippen LogP contribution is -2.29. The predicted octanol–water partition coefficient (Wildman–Crippen LogP) is 3.44. The van der Waals surface area contributed by atoms with Gasteiger partial charge in [0, 0.05) is 17.3 Å². The van der Waals surface area contributed by atoms with Gasteiger partial charge in [0.05, 0.1) is 7.11 Å². The van der Waals surface area contributed by atoms with Crippen molar-refractivity contribution in [3.8, 4) is 5.75 Å². The lowest BCUT2D eigenvalue weighted by molar-refractivity contribution is -0.135. The number of methoxy groups -OCH3 is 1. The summed E-state index contributed by atoms with van der Waals surface area (Å²) in [7, 11) is 1.61. The summed E-state index contributed by atoms with van der Waals surface area (Å²) in [5.74, 6) is -0.103. The first-order chi connectivity index (χ1) is 10.1. The number of anilines is 1. The highest BCUT2D eigenvalue weighted by Crippen LogP contribution is 2.21. The molecule has 0 heterocycles. The maximum Gasteiger partial charge on any atom is 0.323 e. The number of rotatable bonds is 6. The molecule has 0 fully saturated rings. The molecule has 0 unspecified atom stereocenters. The Morgan fingerprint density at radius 2 is 1.76 bits per heavy atom. The Morgan fingerprint density at radius 3 is 2.29 bits per heavy atom. The summed E-state index contributed by atoms with van der Waals surface area (Å²) in [5.41, 5.74) is 1.82. The Hall–Kier alpha value is -2.20. The highest BCUT2D eigenvalue weighted by Gasteiger charge is 2.11. The fraction of sp³-hybridized carbons (Fsp3) is 0.188. The smallest absolute Gasteiger partial charge is 0.323 e. The van der Waals surface area contributed by atoms with Crippen molar-refractivity contribution in [2.45, 2.75) is 6.54 Å². The molecule has 0 aromatic heterocycles. The van der Waals surface area contributed by atoms with Crippen molar-refractivity contribution in [2.24, 2.45) is 0 Å². The number of carbonyl (C=O) groups is 1. The van der Waals surface area contributed by atoms with Gasteiger partial charge in [-0.15, -0.1) is 0 Å². The quantitative estimate of drug-likeness (QED) is 0.888. The molecular weight excluding hydrogens is 290 g/mol. The number of aliphatic carboxylic acids is 1. The average molecular weight is 306 g/mol. The van der Waals surface area contributed by atoms with Gasteiger partial charge in [-0.25, -0.2) is 0 Å². The molecule has 0 spiro atoms. The second kappa shape index (κ2) is 6.99. The maximum atomic E-state index is 11.1. The van der Waals surface area contributed by atoms with E-state index >= 15 is 0 Å². The van der Waals surface area contributed by atoms with E-state index < -0.39 is 5.97 Å². The van der Waals surface area contributed by atoms with Crippen LogP contribution in [0.5, 0.6) is 5.75 Å². The van der Waals surface area contributed by atoms with E-state index in [4.69, 9.17) is 21.4 Å². The van der Waals surface area contributed by atoms with Crippen LogP contribution in [0.2, 0.25) is 5.02 Å². The number of nitrogens with zero attached hydrogens (tertiary/aromatic N) is 1. The Morgan fingerprint density at radius 1 is 1.14 bits per heavy atom. The number of carboxylic acid groups (broad SMARTS) is 1. The van der Waals surface area contributed by atoms with Crippen LogP contribution in [0.25, 0.3) is 0 Å². The molecule has 0 aliphatic heterocycles. The first-order valence-corrected chi connectivity index (χ1v) is 6.81. The van der Waals surface area contributed by atoms with Crippen molar-refractivity contribution < 1.29 is 14.6 Å². The molecule has 2 aromatic carbocycles. The van der Waals surface area contributed by atoms with Crippen LogP contribution in [-0.4, -0.2) is 24.7 Å². The normalized spacial score (nSPS) is 10.2. The predicted molar refractivity (Wildman–Crippen MR) is 83.1 cm³/mol. The summed E-state index contributed by atoms with van der Waals surface area (Å²) in [6.07, 6.45) is 0. The summed E-state index contributed by atoms with van der Waals surface area (Å²) in [6, 6.07) is 14.7. The molecule has 0 amide bonds. The minimum atomic E-state index is -0.876. The Labute approximate surface area is 128 Å². The molecule has 5 heteroatoms. The fourth-order valence-corrected chi connectivity index (χ4v) is 2.13. The third-order valence-corrected chi connectivity index (χ3v) is 3.30. The molecule has 21 heavy (non-hydrogen) atoms. The van der Waals surface area contributed by atoms with E-state index in [1.165, 1.54) is 0 Å². The van der Waals surface area contributed by atoms with Gasteiger partial charge in [0.1, 0.15) is 12.3 Å². The number of hydrogen-bond acceptors (Lipinski definition) is 3. The molecule has 1 N–H and O–H groups in total. The van der Waals surface area contributed by atoms with Crippen LogP contribution in [0.1, 0.15) is 5.56 Å². The topological polar surface area (TPSA) is 49.8 Å². The highest BCUT2D eigenvalue weighted by molar-refractivity contribution is 6.30. The fourth-order valence-electron chi connectivity index (χ4n) is 2.00.